The van der Waals surface area contributed by atoms with E-state index in [0.29, 0.717) is 24.9 Å². The highest BCUT2D eigenvalue weighted by molar-refractivity contribution is 8.01. The molecular formula is C18H20N2O2S2. The standard InChI is InChI=1S/C18H20N2O2S2/c1-2-10-22-12-14-6-5-9-20(11-14)17(21)13-23-18-19-15-7-3-4-8-16(15)24-18/h1,3-4,7-8,14H,5-6,9-13H2. The van der Waals surface area contributed by atoms with Gasteiger partial charge in [0.25, 0.3) is 0 Å². The quantitative estimate of drug-likeness (QED) is 0.450. The van der Waals surface area contributed by atoms with Crippen LogP contribution in [0.2, 0.25) is 0 Å². The molecule has 1 aromatic carbocycles. The van der Waals surface area contributed by atoms with E-state index in [2.05, 4.69) is 17.0 Å². The first-order valence-corrected chi connectivity index (χ1v) is 9.84. The van der Waals surface area contributed by atoms with Gasteiger partial charge in [-0.3, -0.25) is 4.79 Å². The lowest BCUT2D eigenvalue weighted by Gasteiger charge is -2.32. The van der Waals surface area contributed by atoms with Crippen LogP contribution >= 0.6 is 23.1 Å². The maximum atomic E-state index is 12.5. The number of para-hydroxylation sites is 1. The van der Waals surface area contributed by atoms with Crippen molar-refractivity contribution in [3.05, 3.63) is 24.3 Å². The molecule has 0 bridgehead atoms. The summed E-state index contributed by atoms with van der Waals surface area (Å²) in [6.07, 6.45) is 7.32. The third-order valence-electron chi connectivity index (χ3n) is 4.00. The van der Waals surface area contributed by atoms with E-state index in [9.17, 15) is 4.79 Å². The lowest BCUT2D eigenvalue weighted by atomic mass is 9.99. The van der Waals surface area contributed by atoms with Crippen LogP contribution in [0.25, 0.3) is 10.2 Å². The van der Waals surface area contributed by atoms with E-state index < -0.39 is 0 Å². The van der Waals surface area contributed by atoms with Gasteiger partial charge in [-0.1, -0.05) is 29.8 Å². The lowest BCUT2D eigenvalue weighted by Crippen LogP contribution is -2.42. The molecule has 126 valence electrons. The van der Waals surface area contributed by atoms with Crippen molar-refractivity contribution in [3.8, 4) is 12.3 Å². The predicted molar refractivity (Wildman–Crippen MR) is 99.3 cm³/mol. The minimum absolute atomic E-state index is 0.181. The molecule has 0 spiro atoms. The van der Waals surface area contributed by atoms with Crippen LogP contribution in [0.15, 0.2) is 28.6 Å². The molecule has 2 aromatic rings. The zero-order valence-electron chi connectivity index (χ0n) is 13.4. The number of amides is 1. The molecule has 1 aliphatic heterocycles. The molecule has 1 unspecified atom stereocenters. The van der Waals surface area contributed by atoms with Crippen LogP contribution in [0, 0.1) is 18.3 Å². The number of piperidine rings is 1. The summed E-state index contributed by atoms with van der Waals surface area (Å²) in [6, 6.07) is 8.06. The summed E-state index contributed by atoms with van der Waals surface area (Å²) in [7, 11) is 0. The highest BCUT2D eigenvalue weighted by Crippen LogP contribution is 2.29. The zero-order chi connectivity index (χ0) is 16.8. The van der Waals surface area contributed by atoms with Gasteiger partial charge >= 0.3 is 0 Å². The average Bonchev–Trinajstić information content (AvgIpc) is 3.03. The van der Waals surface area contributed by atoms with Gasteiger partial charge in [-0.15, -0.1) is 17.8 Å². The molecule has 1 aliphatic rings. The number of likely N-dealkylation sites (tertiary alicyclic amines) is 1. The Morgan fingerprint density at radius 2 is 2.38 bits per heavy atom. The normalized spacial score (nSPS) is 17.8. The van der Waals surface area contributed by atoms with Gasteiger partial charge in [0.2, 0.25) is 5.91 Å². The van der Waals surface area contributed by atoms with Gasteiger partial charge in [-0.2, -0.15) is 0 Å². The van der Waals surface area contributed by atoms with Crippen molar-refractivity contribution in [3.63, 3.8) is 0 Å². The molecular weight excluding hydrogens is 340 g/mol. The molecule has 6 heteroatoms. The SMILES string of the molecule is C#CCOCC1CCCN(C(=O)CSc2nc3ccccc3s2)C1. The highest BCUT2D eigenvalue weighted by atomic mass is 32.2. The van der Waals surface area contributed by atoms with Crippen molar-refractivity contribution in [1.29, 1.82) is 0 Å². The maximum Gasteiger partial charge on any atom is 0.233 e. The van der Waals surface area contributed by atoms with Crippen LogP contribution in [-0.4, -0.2) is 47.8 Å². The number of hydrogen-bond acceptors (Lipinski definition) is 5. The molecule has 0 N–H and O–H groups in total. The summed E-state index contributed by atoms with van der Waals surface area (Å²) in [6.45, 7) is 2.59. The van der Waals surface area contributed by atoms with E-state index in [1.54, 1.807) is 11.3 Å². The van der Waals surface area contributed by atoms with E-state index in [-0.39, 0.29) is 5.91 Å². The number of rotatable bonds is 6. The van der Waals surface area contributed by atoms with Crippen molar-refractivity contribution in [2.24, 2.45) is 5.92 Å². The Hall–Kier alpha value is -1.55. The van der Waals surface area contributed by atoms with Crippen molar-refractivity contribution < 1.29 is 9.53 Å². The number of terminal acetylenes is 1. The molecule has 3 rings (SSSR count). The summed E-state index contributed by atoms with van der Waals surface area (Å²) >= 11 is 3.17. The average molecular weight is 361 g/mol. The number of thioether (sulfide) groups is 1. The highest BCUT2D eigenvalue weighted by Gasteiger charge is 2.24. The number of hydrogen-bond donors (Lipinski definition) is 0. The van der Waals surface area contributed by atoms with Crippen molar-refractivity contribution in [1.82, 2.24) is 9.88 Å². The lowest BCUT2D eigenvalue weighted by molar-refractivity contribution is -0.130. The fourth-order valence-corrected chi connectivity index (χ4v) is 4.81. The minimum atomic E-state index is 0.181. The zero-order valence-corrected chi connectivity index (χ0v) is 15.1. The van der Waals surface area contributed by atoms with Crippen LogP contribution in [0.3, 0.4) is 0 Å². The Morgan fingerprint density at radius 3 is 3.21 bits per heavy atom. The van der Waals surface area contributed by atoms with Crippen LogP contribution in [0.5, 0.6) is 0 Å². The fraction of sp³-hybridized carbons (Fsp3) is 0.444. The van der Waals surface area contributed by atoms with E-state index in [1.807, 2.05) is 23.1 Å². The van der Waals surface area contributed by atoms with Crippen LogP contribution < -0.4 is 0 Å². The van der Waals surface area contributed by atoms with Gasteiger partial charge in [0.05, 0.1) is 22.6 Å². The molecule has 4 nitrogen and oxygen atoms in total. The van der Waals surface area contributed by atoms with Gasteiger partial charge in [0.15, 0.2) is 4.34 Å². The summed E-state index contributed by atoms with van der Waals surface area (Å²) in [5.74, 6) is 3.49. The Labute approximate surface area is 150 Å². The smallest absolute Gasteiger partial charge is 0.233 e. The summed E-state index contributed by atoms with van der Waals surface area (Å²) in [5, 5.41) is 0. The topological polar surface area (TPSA) is 42.4 Å². The molecule has 1 aromatic heterocycles. The number of carbonyl (C=O) groups is 1. The van der Waals surface area contributed by atoms with Gasteiger partial charge < -0.3 is 9.64 Å². The predicted octanol–water partition coefficient (Wildman–Crippen LogP) is 3.28. The Bertz CT molecular complexity index is 705. The monoisotopic (exact) mass is 360 g/mol. The molecule has 0 radical (unpaired) electrons. The molecule has 1 amide bonds. The molecule has 2 heterocycles. The first kappa shape index (κ1) is 17.3. The third kappa shape index (κ3) is 4.50. The van der Waals surface area contributed by atoms with Crippen LogP contribution in [-0.2, 0) is 9.53 Å². The molecule has 1 saturated heterocycles. The van der Waals surface area contributed by atoms with Gasteiger partial charge in [-0.25, -0.2) is 4.98 Å². The molecule has 0 aliphatic carbocycles. The second-order valence-electron chi connectivity index (χ2n) is 5.80. The Balaban J connectivity index is 1.50. The maximum absolute atomic E-state index is 12.5. The van der Waals surface area contributed by atoms with Crippen LogP contribution in [0.4, 0.5) is 0 Å². The first-order chi connectivity index (χ1) is 11.8. The molecule has 24 heavy (non-hydrogen) atoms. The van der Waals surface area contributed by atoms with Crippen molar-refractivity contribution >= 4 is 39.2 Å². The van der Waals surface area contributed by atoms with E-state index in [4.69, 9.17) is 11.2 Å². The second kappa shape index (κ2) is 8.52. The third-order valence-corrected chi connectivity index (χ3v) is 6.17. The van der Waals surface area contributed by atoms with Crippen molar-refractivity contribution in [2.45, 2.75) is 17.2 Å². The number of carbonyl (C=O) groups excluding carboxylic acids is 1. The molecule has 1 fully saturated rings. The second-order valence-corrected chi connectivity index (χ2v) is 8.06. The van der Waals surface area contributed by atoms with Gasteiger partial charge in [-0.05, 0) is 30.9 Å². The number of thiazole rings is 1. The molecule has 1 atom stereocenters. The summed E-state index contributed by atoms with van der Waals surface area (Å²) in [4.78, 5) is 19.0. The Morgan fingerprint density at radius 1 is 1.50 bits per heavy atom. The number of ether oxygens (including phenoxy) is 1. The van der Waals surface area contributed by atoms with E-state index >= 15 is 0 Å². The minimum Gasteiger partial charge on any atom is -0.368 e. The molecule has 0 saturated carbocycles. The van der Waals surface area contributed by atoms with Crippen molar-refractivity contribution in [2.75, 3.05) is 32.1 Å². The van der Waals surface area contributed by atoms with Crippen LogP contribution in [0.1, 0.15) is 12.8 Å². The van der Waals surface area contributed by atoms with E-state index in [1.165, 1.54) is 11.8 Å². The summed E-state index contributed by atoms with van der Waals surface area (Å²) in [5.41, 5.74) is 1.00. The largest absolute Gasteiger partial charge is 0.368 e. The fourth-order valence-electron chi connectivity index (χ4n) is 2.84. The number of benzene rings is 1. The number of fused-ring (bicyclic) bond motifs is 1. The van der Waals surface area contributed by atoms with Gasteiger partial charge in [0, 0.05) is 13.1 Å². The Kier molecular flexibility index (Phi) is 6.13. The first-order valence-electron chi connectivity index (χ1n) is 8.03. The van der Waals surface area contributed by atoms with E-state index in [0.717, 1.165) is 40.5 Å². The number of aromatic nitrogens is 1. The summed E-state index contributed by atoms with van der Waals surface area (Å²) < 4.78 is 7.54. The van der Waals surface area contributed by atoms with Gasteiger partial charge in [0.1, 0.15) is 6.61 Å². The number of nitrogens with zero attached hydrogens (tertiary/aromatic N) is 2.